The lowest BCUT2D eigenvalue weighted by molar-refractivity contribution is -0.330. The number of hydrogen-bond donors (Lipinski definition) is 0. The Labute approximate surface area is 88.6 Å². The molecule has 0 aromatic heterocycles. The van der Waals surface area contributed by atoms with Crippen LogP contribution in [0.3, 0.4) is 0 Å². The number of carboxylic acids is 2. The smallest absolute Gasteiger partial charge is 0.0460 e. The van der Waals surface area contributed by atoms with Gasteiger partial charge in [-0.1, -0.05) is 25.5 Å². The molecular weight excluding hydrogens is 196 g/mol. The van der Waals surface area contributed by atoms with Gasteiger partial charge in [-0.2, -0.15) is 0 Å². The highest BCUT2D eigenvalue weighted by molar-refractivity contribution is 5.79. The Bertz CT molecular complexity index is 327. The molecule has 0 radical (unpaired) electrons. The maximum atomic E-state index is 11.0. The van der Waals surface area contributed by atoms with Crippen molar-refractivity contribution in [2.45, 2.75) is 27.2 Å². The maximum absolute atomic E-state index is 11.0. The molecule has 0 saturated heterocycles. The Morgan fingerprint density at radius 3 is 2.27 bits per heavy atom. The molecule has 0 bridgehead atoms. The summed E-state index contributed by atoms with van der Waals surface area (Å²) in [5.74, 6) is -4.65. The van der Waals surface area contributed by atoms with Crippen molar-refractivity contribution in [3.05, 3.63) is 11.6 Å². The van der Waals surface area contributed by atoms with Crippen molar-refractivity contribution in [2.24, 2.45) is 17.3 Å². The summed E-state index contributed by atoms with van der Waals surface area (Å²) in [4.78, 5) is 21.8. The molecule has 0 aliphatic heterocycles. The molecular formula is C11H14O4-2. The summed E-state index contributed by atoms with van der Waals surface area (Å²) < 4.78 is 0. The van der Waals surface area contributed by atoms with E-state index in [0.717, 1.165) is 5.57 Å². The van der Waals surface area contributed by atoms with Crippen molar-refractivity contribution in [1.82, 2.24) is 0 Å². The van der Waals surface area contributed by atoms with Crippen LogP contribution in [-0.4, -0.2) is 11.9 Å². The Balaban J connectivity index is 3.16. The number of carbonyl (C=O) groups is 2. The fourth-order valence-electron chi connectivity index (χ4n) is 2.45. The van der Waals surface area contributed by atoms with E-state index in [1.807, 2.05) is 0 Å². The van der Waals surface area contributed by atoms with Gasteiger partial charge in [-0.05, 0) is 18.8 Å². The first kappa shape index (κ1) is 11.8. The number of carboxylic acid groups (broad SMARTS) is 2. The van der Waals surface area contributed by atoms with Crippen LogP contribution < -0.4 is 10.2 Å². The van der Waals surface area contributed by atoms with E-state index in [0.29, 0.717) is 0 Å². The molecule has 0 heterocycles. The van der Waals surface area contributed by atoms with Crippen molar-refractivity contribution >= 4 is 11.9 Å². The van der Waals surface area contributed by atoms with E-state index in [1.54, 1.807) is 26.8 Å². The van der Waals surface area contributed by atoms with Crippen LogP contribution in [0.1, 0.15) is 27.2 Å². The zero-order valence-corrected chi connectivity index (χ0v) is 9.07. The average Bonchev–Trinajstić information content (AvgIpc) is 1.98. The fraction of sp³-hybridized carbons (Fsp3) is 0.636. The molecule has 0 spiro atoms. The quantitative estimate of drug-likeness (QED) is 0.553. The first-order valence-corrected chi connectivity index (χ1v) is 4.86. The Kier molecular flexibility index (Phi) is 2.88. The first-order valence-electron chi connectivity index (χ1n) is 4.86. The van der Waals surface area contributed by atoms with Gasteiger partial charge in [0.15, 0.2) is 0 Å². The minimum atomic E-state index is -1.32. The van der Waals surface area contributed by atoms with Crippen LogP contribution >= 0.6 is 0 Å². The summed E-state index contributed by atoms with van der Waals surface area (Å²) in [5.41, 5.74) is 0.179. The van der Waals surface area contributed by atoms with E-state index in [1.165, 1.54) is 0 Å². The van der Waals surface area contributed by atoms with Gasteiger partial charge in [0, 0.05) is 23.8 Å². The predicted octanol–water partition coefficient (Wildman–Crippen LogP) is -0.905. The second-order valence-electron chi connectivity index (χ2n) is 4.74. The minimum absolute atomic E-state index is 0.227. The zero-order chi connectivity index (χ0) is 11.8. The summed E-state index contributed by atoms with van der Waals surface area (Å²) in [6, 6.07) is 0. The highest BCUT2D eigenvalue weighted by Gasteiger charge is 2.39. The molecule has 2 atom stereocenters. The Morgan fingerprint density at radius 1 is 1.33 bits per heavy atom. The van der Waals surface area contributed by atoms with Crippen LogP contribution in [0.2, 0.25) is 0 Å². The molecule has 4 heteroatoms. The van der Waals surface area contributed by atoms with Crippen molar-refractivity contribution < 1.29 is 19.8 Å². The zero-order valence-electron chi connectivity index (χ0n) is 9.07. The minimum Gasteiger partial charge on any atom is -0.550 e. The summed E-state index contributed by atoms with van der Waals surface area (Å²) in [6.07, 6.45) is 2.03. The maximum Gasteiger partial charge on any atom is 0.0460 e. The van der Waals surface area contributed by atoms with E-state index >= 15 is 0 Å². The van der Waals surface area contributed by atoms with Crippen molar-refractivity contribution in [3.8, 4) is 0 Å². The number of aliphatic carboxylic acids is 2. The Morgan fingerprint density at radius 2 is 1.87 bits per heavy atom. The van der Waals surface area contributed by atoms with E-state index in [-0.39, 0.29) is 6.42 Å². The summed E-state index contributed by atoms with van der Waals surface area (Å²) in [6.45, 7) is 5.20. The van der Waals surface area contributed by atoms with Gasteiger partial charge in [0.2, 0.25) is 0 Å². The van der Waals surface area contributed by atoms with Gasteiger partial charge in [-0.3, -0.25) is 0 Å². The molecule has 1 aliphatic rings. The lowest BCUT2D eigenvalue weighted by atomic mass is 9.65. The lowest BCUT2D eigenvalue weighted by Crippen LogP contribution is -2.51. The molecule has 4 nitrogen and oxygen atoms in total. The van der Waals surface area contributed by atoms with Crippen LogP contribution in [0.4, 0.5) is 0 Å². The number of carbonyl (C=O) groups excluding carboxylic acids is 2. The molecule has 0 amide bonds. The van der Waals surface area contributed by atoms with Gasteiger partial charge in [-0.15, -0.1) is 0 Å². The fourth-order valence-corrected chi connectivity index (χ4v) is 2.45. The van der Waals surface area contributed by atoms with E-state index in [2.05, 4.69) is 0 Å². The first-order chi connectivity index (χ1) is 6.75. The van der Waals surface area contributed by atoms with Gasteiger partial charge in [0.1, 0.15) is 0 Å². The molecule has 15 heavy (non-hydrogen) atoms. The van der Waals surface area contributed by atoms with Crippen LogP contribution in [0.15, 0.2) is 11.6 Å². The third kappa shape index (κ3) is 2.19. The van der Waals surface area contributed by atoms with Gasteiger partial charge in [0.05, 0.1) is 0 Å². The SMILES string of the molecule is CC1=CC(C)(C)C(C(=O)[O-])C(C(=O)[O-])C1. The molecule has 1 rings (SSSR count). The normalized spacial score (nSPS) is 29.4. The lowest BCUT2D eigenvalue weighted by Gasteiger charge is -2.43. The summed E-state index contributed by atoms with van der Waals surface area (Å²) in [5, 5.41) is 21.8. The largest absolute Gasteiger partial charge is 0.550 e. The second kappa shape index (κ2) is 3.68. The van der Waals surface area contributed by atoms with Gasteiger partial charge >= 0.3 is 0 Å². The topological polar surface area (TPSA) is 80.3 Å². The van der Waals surface area contributed by atoms with Gasteiger partial charge < -0.3 is 19.8 Å². The molecule has 0 fully saturated rings. The number of rotatable bonds is 2. The number of allylic oxidation sites excluding steroid dienone is 2. The highest BCUT2D eigenvalue weighted by atomic mass is 16.4. The molecule has 0 aromatic rings. The summed E-state index contributed by atoms with van der Waals surface area (Å²) >= 11 is 0. The molecule has 84 valence electrons. The highest BCUT2D eigenvalue weighted by Crippen LogP contribution is 2.41. The number of hydrogen-bond acceptors (Lipinski definition) is 4. The van der Waals surface area contributed by atoms with Crippen molar-refractivity contribution in [1.29, 1.82) is 0 Å². The molecule has 0 N–H and O–H groups in total. The third-order valence-corrected chi connectivity index (χ3v) is 2.92. The molecule has 1 aliphatic carbocycles. The van der Waals surface area contributed by atoms with Crippen LogP contribution in [0.25, 0.3) is 0 Å². The molecule has 2 unspecified atom stereocenters. The average molecular weight is 210 g/mol. The van der Waals surface area contributed by atoms with Crippen molar-refractivity contribution in [2.75, 3.05) is 0 Å². The second-order valence-corrected chi connectivity index (χ2v) is 4.74. The van der Waals surface area contributed by atoms with E-state index < -0.39 is 29.2 Å². The standard InChI is InChI=1S/C11H16O4/c1-6-4-7(9(12)13)8(10(14)15)11(2,3)5-6/h5,7-8H,4H2,1-3H3,(H,12,13)(H,14,15)/p-2. The van der Waals surface area contributed by atoms with E-state index in [4.69, 9.17) is 0 Å². The van der Waals surface area contributed by atoms with Crippen LogP contribution in [0, 0.1) is 17.3 Å². The van der Waals surface area contributed by atoms with Gasteiger partial charge in [0.25, 0.3) is 0 Å². The van der Waals surface area contributed by atoms with Gasteiger partial charge in [-0.25, -0.2) is 0 Å². The van der Waals surface area contributed by atoms with Crippen LogP contribution in [0.5, 0.6) is 0 Å². The molecule has 0 aromatic carbocycles. The van der Waals surface area contributed by atoms with Crippen LogP contribution in [-0.2, 0) is 9.59 Å². The molecule has 0 saturated carbocycles. The summed E-state index contributed by atoms with van der Waals surface area (Å²) in [7, 11) is 0. The van der Waals surface area contributed by atoms with E-state index in [9.17, 15) is 19.8 Å². The predicted molar refractivity (Wildman–Crippen MR) is 49.1 cm³/mol. The Hall–Kier alpha value is -1.32. The van der Waals surface area contributed by atoms with Crippen molar-refractivity contribution in [3.63, 3.8) is 0 Å². The third-order valence-electron chi connectivity index (χ3n) is 2.92. The monoisotopic (exact) mass is 210 g/mol.